The largest absolute Gasteiger partial charge is 0.464 e. The molecule has 2 amide bonds. The molecule has 0 spiro atoms. The van der Waals surface area contributed by atoms with Gasteiger partial charge >= 0.3 is 6.03 Å². The summed E-state index contributed by atoms with van der Waals surface area (Å²) in [5.74, 6) is 2.08. The molecule has 1 saturated heterocycles. The van der Waals surface area contributed by atoms with Crippen LogP contribution in [0.25, 0.3) is 0 Å². The summed E-state index contributed by atoms with van der Waals surface area (Å²) in [6.07, 6.45) is 2.58. The average molecular weight is 322 g/mol. The van der Waals surface area contributed by atoms with Gasteiger partial charge in [-0.1, -0.05) is 27.7 Å². The van der Waals surface area contributed by atoms with Crippen LogP contribution in [0.1, 0.15) is 58.1 Å². The molecule has 1 aliphatic heterocycles. The molecule has 5 heteroatoms. The third-order valence-corrected chi connectivity index (χ3v) is 4.61. The highest BCUT2D eigenvalue weighted by molar-refractivity contribution is 5.74. The van der Waals surface area contributed by atoms with Crippen molar-refractivity contribution in [2.24, 2.45) is 11.3 Å². The lowest BCUT2D eigenvalue weighted by Crippen LogP contribution is -2.48. The van der Waals surface area contributed by atoms with Crippen LogP contribution in [0.5, 0.6) is 0 Å². The number of carbonyl (C=O) groups excluding carboxylic acids is 1. The van der Waals surface area contributed by atoms with Gasteiger partial charge in [0.1, 0.15) is 11.5 Å². The van der Waals surface area contributed by atoms with Crippen LogP contribution in [-0.4, -0.2) is 35.7 Å². The van der Waals surface area contributed by atoms with Gasteiger partial charge in [0.05, 0.1) is 6.04 Å². The lowest BCUT2D eigenvalue weighted by molar-refractivity contribution is 0.128. The van der Waals surface area contributed by atoms with Gasteiger partial charge in [0.2, 0.25) is 0 Å². The van der Waals surface area contributed by atoms with E-state index in [1.165, 1.54) is 0 Å². The molecule has 1 atom stereocenters. The average Bonchev–Trinajstić information content (AvgIpc) is 2.99. The number of carbonyl (C=O) groups is 1. The number of nitrogens with zero attached hydrogens (tertiary/aromatic N) is 1. The van der Waals surface area contributed by atoms with Crippen LogP contribution in [0.3, 0.4) is 0 Å². The molecule has 1 fully saturated rings. The summed E-state index contributed by atoms with van der Waals surface area (Å²) in [6.45, 7) is 9.97. The van der Waals surface area contributed by atoms with Gasteiger partial charge in [-0.2, -0.15) is 0 Å². The Labute approximate surface area is 139 Å². The highest BCUT2D eigenvalue weighted by Crippen LogP contribution is 2.34. The van der Waals surface area contributed by atoms with E-state index < -0.39 is 0 Å². The number of likely N-dealkylation sites (tertiary alicyclic amines) is 1. The van der Waals surface area contributed by atoms with Gasteiger partial charge < -0.3 is 19.7 Å². The van der Waals surface area contributed by atoms with Crippen molar-refractivity contribution in [3.63, 3.8) is 0 Å². The van der Waals surface area contributed by atoms with Crippen molar-refractivity contribution in [2.45, 2.75) is 53.0 Å². The van der Waals surface area contributed by atoms with Crippen LogP contribution in [0, 0.1) is 11.3 Å². The number of hydrogen-bond donors (Lipinski definition) is 2. The van der Waals surface area contributed by atoms with Gasteiger partial charge in [-0.3, -0.25) is 0 Å². The van der Waals surface area contributed by atoms with Gasteiger partial charge in [-0.25, -0.2) is 4.79 Å². The van der Waals surface area contributed by atoms with E-state index in [1.54, 1.807) is 0 Å². The first-order chi connectivity index (χ1) is 10.8. The molecular formula is C18H30N2O3. The first kappa shape index (κ1) is 17.9. The maximum atomic E-state index is 12.6. The van der Waals surface area contributed by atoms with E-state index in [4.69, 9.17) is 4.42 Å². The number of aliphatic hydroxyl groups is 1. The quantitative estimate of drug-likeness (QED) is 0.893. The Hall–Kier alpha value is -1.49. The van der Waals surface area contributed by atoms with E-state index in [1.807, 2.05) is 17.0 Å². The van der Waals surface area contributed by atoms with Crippen LogP contribution in [-0.2, 0) is 6.42 Å². The SMILES string of the molecule is CCc1ccc(C(NC(=O)N2CCC(CO)CC2)C(C)(C)C)o1. The van der Waals surface area contributed by atoms with Crippen molar-refractivity contribution in [3.05, 3.63) is 23.7 Å². The fraction of sp³-hybridized carbons (Fsp3) is 0.722. The van der Waals surface area contributed by atoms with Gasteiger partial charge in [-0.05, 0) is 36.3 Å². The van der Waals surface area contributed by atoms with Crippen LogP contribution in [0.15, 0.2) is 16.5 Å². The summed E-state index contributed by atoms with van der Waals surface area (Å²) in [6, 6.07) is 3.74. The number of piperidine rings is 1. The van der Waals surface area contributed by atoms with Gasteiger partial charge in [0.25, 0.3) is 0 Å². The molecule has 130 valence electrons. The molecule has 0 aliphatic carbocycles. The van der Waals surface area contributed by atoms with Crippen molar-refractivity contribution in [1.29, 1.82) is 0 Å². The summed E-state index contributed by atoms with van der Waals surface area (Å²) in [5, 5.41) is 12.4. The zero-order valence-electron chi connectivity index (χ0n) is 14.8. The van der Waals surface area contributed by atoms with Gasteiger partial charge in [0, 0.05) is 26.1 Å². The lowest BCUT2D eigenvalue weighted by Gasteiger charge is -2.35. The molecule has 1 aliphatic rings. The standard InChI is InChI=1S/C18H30N2O3/c1-5-14-6-7-15(23-14)16(18(2,3)4)19-17(22)20-10-8-13(12-21)9-11-20/h6-7,13,16,21H,5,8-12H2,1-4H3,(H,19,22). The third-order valence-electron chi connectivity index (χ3n) is 4.61. The summed E-state index contributed by atoms with van der Waals surface area (Å²) >= 11 is 0. The molecule has 5 nitrogen and oxygen atoms in total. The topological polar surface area (TPSA) is 65.7 Å². The van der Waals surface area contributed by atoms with Gasteiger partial charge in [-0.15, -0.1) is 0 Å². The Kier molecular flexibility index (Phi) is 5.74. The van der Waals surface area contributed by atoms with E-state index in [0.29, 0.717) is 19.0 Å². The van der Waals surface area contributed by atoms with Crippen molar-refractivity contribution >= 4 is 6.03 Å². The summed E-state index contributed by atoms with van der Waals surface area (Å²) in [5.41, 5.74) is -0.137. The van der Waals surface area contributed by atoms with Crippen LogP contribution >= 0.6 is 0 Å². The molecule has 0 bridgehead atoms. The predicted octanol–water partition coefficient (Wildman–Crippen LogP) is 3.34. The highest BCUT2D eigenvalue weighted by Gasteiger charge is 2.32. The van der Waals surface area contributed by atoms with Crippen molar-refractivity contribution in [3.8, 4) is 0 Å². The second kappa shape index (κ2) is 7.39. The first-order valence-corrected chi connectivity index (χ1v) is 8.60. The molecule has 2 heterocycles. The minimum Gasteiger partial charge on any atom is -0.464 e. The van der Waals surface area contributed by atoms with Crippen molar-refractivity contribution in [2.75, 3.05) is 19.7 Å². The zero-order chi connectivity index (χ0) is 17.0. The number of urea groups is 1. The Morgan fingerprint density at radius 3 is 2.52 bits per heavy atom. The fourth-order valence-electron chi connectivity index (χ4n) is 2.99. The van der Waals surface area contributed by atoms with Crippen LogP contribution in [0.4, 0.5) is 4.79 Å². The number of furan rings is 1. The normalized spacial score (nSPS) is 18.0. The molecule has 1 unspecified atom stereocenters. The van der Waals surface area contributed by atoms with E-state index in [9.17, 15) is 9.90 Å². The van der Waals surface area contributed by atoms with Crippen LogP contribution < -0.4 is 5.32 Å². The molecule has 2 rings (SSSR count). The Morgan fingerprint density at radius 1 is 1.39 bits per heavy atom. The molecule has 0 aromatic carbocycles. The maximum Gasteiger partial charge on any atom is 0.318 e. The van der Waals surface area contributed by atoms with Crippen LogP contribution in [0.2, 0.25) is 0 Å². The molecule has 1 aromatic heterocycles. The number of amides is 2. The lowest BCUT2D eigenvalue weighted by atomic mass is 9.85. The highest BCUT2D eigenvalue weighted by atomic mass is 16.3. The Balaban J connectivity index is 2.05. The monoisotopic (exact) mass is 322 g/mol. The maximum absolute atomic E-state index is 12.6. The summed E-state index contributed by atoms with van der Waals surface area (Å²) < 4.78 is 5.88. The molecule has 1 aromatic rings. The molecular weight excluding hydrogens is 292 g/mol. The number of aryl methyl sites for hydroxylation is 1. The number of hydrogen-bond acceptors (Lipinski definition) is 3. The smallest absolute Gasteiger partial charge is 0.318 e. The third kappa shape index (κ3) is 4.50. The minimum absolute atomic E-state index is 0.0456. The van der Waals surface area contributed by atoms with Crippen molar-refractivity contribution < 1.29 is 14.3 Å². The number of rotatable bonds is 4. The second-order valence-corrected chi connectivity index (χ2v) is 7.52. The van der Waals surface area contributed by atoms with E-state index >= 15 is 0 Å². The predicted molar refractivity (Wildman–Crippen MR) is 90.2 cm³/mol. The Morgan fingerprint density at radius 2 is 2.04 bits per heavy atom. The summed E-state index contributed by atoms with van der Waals surface area (Å²) in [7, 11) is 0. The second-order valence-electron chi connectivity index (χ2n) is 7.52. The zero-order valence-corrected chi connectivity index (χ0v) is 14.8. The number of nitrogens with one attached hydrogen (secondary N) is 1. The molecule has 0 saturated carbocycles. The van der Waals surface area contributed by atoms with E-state index in [2.05, 4.69) is 33.0 Å². The minimum atomic E-state index is -0.161. The molecule has 0 radical (unpaired) electrons. The van der Waals surface area contributed by atoms with E-state index in [0.717, 1.165) is 30.8 Å². The number of aliphatic hydroxyl groups excluding tert-OH is 1. The molecule has 23 heavy (non-hydrogen) atoms. The fourth-order valence-corrected chi connectivity index (χ4v) is 2.99. The van der Waals surface area contributed by atoms with E-state index in [-0.39, 0.29) is 24.1 Å². The van der Waals surface area contributed by atoms with Crippen molar-refractivity contribution in [1.82, 2.24) is 10.2 Å². The Bertz CT molecular complexity index is 511. The molecule has 2 N–H and O–H groups in total. The van der Waals surface area contributed by atoms with Gasteiger partial charge in [0.15, 0.2) is 0 Å². The first-order valence-electron chi connectivity index (χ1n) is 8.60. The summed E-state index contributed by atoms with van der Waals surface area (Å²) in [4.78, 5) is 14.5.